The first-order chi connectivity index (χ1) is 4.21. The monoisotopic (exact) mass is 194 g/mol. The fraction of sp³-hybridized carbons (Fsp3) is 1.00. The van der Waals surface area contributed by atoms with Crippen LogP contribution < -0.4 is 0 Å². The van der Waals surface area contributed by atoms with E-state index in [9.17, 15) is 0 Å². The zero-order chi connectivity index (χ0) is 8.41. The van der Waals surface area contributed by atoms with Crippen molar-refractivity contribution in [2.24, 2.45) is 0 Å². The molecule has 66 valence electrons. The summed E-state index contributed by atoms with van der Waals surface area (Å²) in [6.07, 6.45) is -1.11. The van der Waals surface area contributed by atoms with Crippen LogP contribution in [-0.2, 0) is 0 Å². The standard InChI is InChI=1S/C2H12O6P2/c3-9(4,5)1-2-10(6,7)8/h3-10H,1-2H2. The molecule has 0 aromatic rings. The van der Waals surface area contributed by atoms with Crippen molar-refractivity contribution in [3.8, 4) is 0 Å². The van der Waals surface area contributed by atoms with Gasteiger partial charge in [0.05, 0.1) is 0 Å². The Kier molecular flexibility index (Phi) is 3.55. The van der Waals surface area contributed by atoms with Gasteiger partial charge < -0.3 is 0 Å². The van der Waals surface area contributed by atoms with Crippen LogP contribution in [0.2, 0.25) is 0 Å². The van der Waals surface area contributed by atoms with Crippen molar-refractivity contribution in [1.82, 2.24) is 0 Å². The molecule has 0 atom stereocenters. The predicted octanol–water partition coefficient (Wildman–Crippen LogP) is -2.07. The van der Waals surface area contributed by atoms with E-state index in [-0.39, 0.29) is 0 Å². The Morgan fingerprint density at radius 2 is 0.800 bits per heavy atom. The first-order valence-electron chi connectivity index (χ1n) is 2.55. The molecule has 6 nitrogen and oxygen atoms in total. The van der Waals surface area contributed by atoms with Gasteiger partial charge >= 0.3 is 57.6 Å². The molecule has 0 fully saturated rings. The van der Waals surface area contributed by atoms with Crippen LogP contribution >= 0.6 is 15.9 Å². The van der Waals surface area contributed by atoms with Gasteiger partial charge in [0, 0.05) is 0 Å². The van der Waals surface area contributed by atoms with Crippen molar-refractivity contribution in [3.05, 3.63) is 0 Å². The van der Waals surface area contributed by atoms with E-state index in [1.54, 1.807) is 0 Å². The molecule has 0 unspecified atom stereocenters. The molecule has 0 saturated heterocycles. The summed E-state index contributed by atoms with van der Waals surface area (Å²) in [4.78, 5) is 49.9. The van der Waals surface area contributed by atoms with Crippen LogP contribution in [0.15, 0.2) is 0 Å². The Balaban J connectivity index is 3.56. The summed E-state index contributed by atoms with van der Waals surface area (Å²) in [5.74, 6) is 0. The van der Waals surface area contributed by atoms with Crippen LogP contribution in [0, 0.1) is 0 Å². The van der Waals surface area contributed by atoms with Gasteiger partial charge in [-0.2, -0.15) is 0 Å². The van der Waals surface area contributed by atoms with Crippen LogP contribution in [0.3, 0.4) is 0 Å². The van der Waals surface area contributed by atoms with Gasteiger partial charge in [0.15, 0.2) is 0 Å². The second kappa shape index (κ2) is 3.34. The maximum atomic E-state index is 8.32. The summed E-state index contributed by atoms with van der Waals surface area (Å²) < 4.78 is 0. The SMILES string of the molecule is O[PH](O)(O)CC[PH](O)(O)O. The molecule has 0 aromatic heterocycles. The van der Waals surface area contributed by atoms with Crippen molar-refractivity contribution in [2.75, 3.05) is 12.3 Å². The summed E-state index contributed by atoms with van der Waals surface area (Å²) >= 11 is 0. The summed E-state index contributed by atoms with van der Waals surface area (Å²) in [6.45, 7) is 0. The molecule has 0 aliphatic rings. The van der Waals surface area contributed by atoms with Gasteiger partial charge in [0.1, 0.15) is 0 Å². The Morgan fingerprint density at radius 3 is 0.900 bits per heavy atom. The molecule has 6 N–H and O–H groups in total. The van der Waals surface area contributed by atoms with E-state index in [2.05, 4.69) is 0 Å². The molecule has 0 bridgehead atoms. The van der Waals surface area contributed by atoms with Crippen molar-refractivity contribution >= 4 is 15.9 Å². The number of hydrogen-bond acceptors (Lipinski definition) is 6. The summed E-state index contributed by atoms with van der Waals surface area (Å²) in [5, 5.41) is 0. The summed E-state index contributed by atoms with van der Waals surface area (Å²) in [7, 11) is -8.42. The van der Waals surface area contributed by atoms with Crippen LogP contribution in [0.5, 0.6) is 0 Å². The third-order valence-electron chi connectivity index (χ3n) is 0.796. The molecule has 0 radical (unpaired) electrons. The van der Waals surface area contributed by atoms with Crippen molar-refractivity contribution < 1.29 is 29.4 Å². The maximum absolute atomic E-state index is 8.32. The normalized spacial score (nSPS) is 17.0. The minimum absolute atomic E-state index is 0.553. The van der Waals surface area contributed by atoms with Crippen LogP contribution in [0.4, 0.5) is 0 Å². The van der Waals surface area contributed by atoms with Crippen LogP contribution in [0.1, 0.15) is 0 Å². The second-order valence-electron chi connectivity index (χ2n) is 2.05. The second-order valence-corrected chi connectivity index (χ2v) is 6.15. The van der Waals surface area contributed by atoms with Gasteiger partial charge in [0.25, 0.3) is 0 Å². The molecule has 0 spiro atoms. The molecule has 0 aliphatic heterocycles. The van der Waals surface area contributed by atoms with E-state index >= 15 is 0 Å². The third kappa shape index (κ3) is 8.62. The minimum atomic E-state index is -4.21. The topological polar surface area (TPSA) is 121 Å². The van der Waals surface area contributed by atoms with Gasteiger partial charge in [-0.3, -0.25) is 0 Å². The van der Waals surface area contributed by atoms with Crippen molar-refractivity contribution in [2.45, 2.75) is 0 Å². The molecule has 8 heteroatoms. The van der Waals surface area contributed by atoms with Gasteiger partial charge in [-0.15, -0.1) is 0 Å². The Hall–Kier alpha value is 0.620. The molecule has 10 heavy (non-hydrogen) atoms. The zero-order valence-corrected chi connectivity index (χ0v) is 7.10. The van der Waals surface area contributed by atoms with E-state index in [1.807, 2.05) is 0 Å². The Bertz CT molecular complexity index is 87.3. The van der Waals surface area contributed by atoms with E-state index in [0.29, 0.717) is 0 Å². The van der Waals surface area contributed by atoms with Gasteiger partial charge in [-0.25, -0.2) is 0 Å². The van der Waals surface area contributed by atoms with E-state index in [0.717, 1.165) is 0 Å². The Morgan fingerprint density at radius 1 is 0.600 bits per heavy atom. The van der Waals surface area contributed by atoms with Crippen LogP contribution in [-0.4, -0.2) is 41.7 Å². The molecule has 0 saturated carbocycles. The van der Waals surface area contributed by atoms with Crippen molar-refractivity contribution in [1.29, 1.82) is 0 Å². The first kappa shape index (κ1) is 10.6. The molecule has 0 amide bonds. The zero-order valence-electron chi connectivity index (χ0n) is 5.10. The molecular weight excluding hydrogens is 182 g/mol. The van der Waals surface area contributed by atoms with Crippen molar-refractivity contribution in [3.63, 3.8) is 0 Å². The third-order valence-corrected chi connectivity index (χ3v) is 3.14. The average molecular weight is 194 g/mol. The fourth-order valence-electron chi connectivity index (χ4n) is 0.335. The molecule has 0 aromatic carbocycles. The quantitative estimate of drug-likeness (QED) is 0.287. The molecule has 0 rings (SSSR count). The van der Waals surface area contributed by atoms with Crippen LogP contribution in [0.25, 0.3) is 0 Å². The average Bonchev–Trinajstić information content (AvgIpc) is 1.57. The number of rotatable bonds is 3. The van der Waals surface area contributed by atoms with Gasteiger partial charge in [0.2, 0.25) is 0 Å². The predicted molar refractivity (Wildman–Crippen MR) is 39.7 cm³/mol. The molecule has 0 aliphatic carbocycles. The number of hydrogen-bond donors (Lipinski definition) is 6. The van der Waals surface area contributed by atoms with E-state index < -0.39 is 28.2 Å². The summed E-state index contributed by atoms with van der Waals surface area (Å²) in [6, 6.07) is 0. The first-order valence-corrected chi connectivity index (χ1v) is 6.65. The molecule has 0 heterocycles. The van der Waals surface area contributed by atoms with Gasteiger partial charge in [-0.1, -0.05) is 0 Å². The fourth-order valence-corrected chi connectivity index (χ4v) is 3.02. The summed E-state index contributed by atoms with van der Waals surface area (Å²) in [5.41, 5.74) is 0. The van der Waals surface area contributed by atoms with E-state index in [1.165, 1.54) is 0 Å². The molecular formula is C2H12O6P2. The van der Waals surface area contributed by atoms with Gasteiger partial charge in [-0.05, 0) is 0 Å². The van der Waals surface area contributed by atoms with E-state index in [4.69, 9.17) is 29.4 Å². The Labute approximate surface area is 58.6 Å².